The van der Waals surface area contributed by atoms with E-state index in [0.29, 0.717) is 11.4 Å². The van der Waals surface area contributed by atoms with Crippen LogP contribution in [-0.4, -0.2) is 63.6 Å². The van der Waals surface area contributed by atoms with Gasteiger partial charge in [-0.2, -0.15) is 0 Å². The molecule has 1 unspecified atom stereocenters. The van der Waals surface area contributed by atoms with Crippen LogP contribution in [-0.2, 0) is 0 Å². The number of carboxylic acids is 1. The largest absolute Gasteiger partial charge is 0.477 e. The summed E-state index contributed by atoms with van der Waals surface area (Å²) in [5, 5.41) is 9.11. The average molecular weight is 248 g/mol. The van der Waals surface area contributed by atoms with Crippen LogP contribution in [0.15, 0.2) is 6.20 Å². The predicted molar refractivity (Wildman–Crippen MR) is 64.5 cm³/mol. The molecule has 1 aromatic rings. The maximum atomic E-state index is 11.1. The quantitative estimate of drug-likeness (QED) is 0.803. The zero-order valence-electron chi connectivity index (χ0n) is 10.3. The highest BCUT2D eigenvalue weighted by Gasteiger charge is 2.34. The molecule has 6 nitrogen and oxygen atoms in total. The van der Waals surface area contributed by atoms with Gasteiger partial charge in [0.25, 0.3) is 0 Å². The summed E-state index contributed by atoms with van der Waals surface area (Å²) in [7, 11) is 0. The molecule has 3 aliphatic rings. The highest BCUT2D eigenvalue weighted by atomic mass is 16.4. The van der Waals surface area contributed by atoms with Crippen LogP contribution in [0.1, 0.15) is 27.9 Å². The lowest BCUT2D eigenvalue weighted by atomic mass is 10.1. The van der Waals surface area contributed by atoms with Crippen molar-refractivity contribution in [1.82, 2.24) is 19.8 Å². The van der Waals surface area contributed by atoms with Crippen LogP contribution in [0.25, 0.3) is 0 Å². The van der Waals surface area contributed by atoms with E-state index in [9.17, 15) is 4.79 Å². The second-order valence-corrected chi connectivity index (χ2v) is 4.92. The second-order valence-electron chi connectivity index (χ2n) is 4.92. The number of aryl methyl sites for hydroxylation is 1. The molecule has 1 aromatic heterocycles. The number of hydrogen-bond acceptors (Lipinski definition) is 5. The summed E-state index contributed by atoms with van der Waals surface area (Å²) in [6, 6.07) is 0.145. The summed E-state index contributed by atoms with van der Waals surface area (Å²) in [4.78, 5) is 24.4. The number of rotatable bonds is 2. The molecule has 1 N–H and O–H groups in total. The molecular weight excluding hydrogens is 232 g/mol. The number of carbonyl (C=O) groups is 1. The van der Waals surface area contributed by atoms with Crippen molar-refractivity contribution in [3.05, 3.63) is 23.3 Å². The van der Waals surface area contributed by atoms with Crippen LogP contribution < -0.4 is 0 Å². The first-order chi connectivity index (χ1) is 8.65. The van der Waals surface area contributed by atoms with Crippen molar-refractivity contribution in [3.8, 4) is 0 Å². The van der Waals surface area contributed by atoms with Gasteiger partial charge in [-0.25, -0.2) is 14.8 Å². The lowest BCUT2D eigenvalue weighted by Crippen LogP contribution is -2.57. The van der Waals surface area contributed by atoms with Crippen LogP contribution in [0, 0.1) is 6.92 Å². The van der Waals surface area contributed by atoms with Crippen LogP contribution in [0.2, 0.25) is 0 Å². The molecule has 3 fully saturated rings. The van der Waals surface area contributed by atoms with E-state index >= 15 is 0 Å². The van der Waals surface area contributed by atoms with E-state index < -0.39 is 5.97 Å². The average Bonchev–Trinajstić information content (AvgIpc) is 2.40. The fourth-order valence-corrected chi connectivity index (χ4v) is 2.70. The normalized spacial score (nSPS) is 30.4. The van der Waals surface area contributed by atoms with Crippen molar-refractivity contribution >= 4 is 5.97 Å². The van der Waals surface area contributed by atoms with Gasteiger partial charge in [0.2, 0.25) is 0 Å². The molecule has 0 aromatic carbocycles. The lowest BCUT2D eigenvalue weighted by molar-refractivity contribution is 0.00848. The summed E-state index contributed by atoms with van der Waals surface area (Å²) in [5.74, 6) is -0.338. The van der Waals surface area contributed by atoms with E-state index in [1.807, 2.05) is 0 Å². The van der Waals surface area contributed by atoms with E-state index in [4.69, 9.17) is 5.11 Å². The first-order valence-corrected chi connectivity index (χ1v) is 6.18. The van der Waals surface area contributed by atoms with Gasteiger partial charge in [-0.05, 0) is 6.92 Å². The van der Waals surface area contributed by atoms with Gasteiger partial charge in [-0.1, -0.05) is 0 Å². The Morgan fingerprint density at radius 3 is 2.67 bits per heavy atom. The maximum absolute atomic E-state index is 11.1. The molecule has 0 aliphatic carbocycles. The van der Waals surface area contributed by atoms with Crippen molar-refractivity contribution in [1.29, 1.82) is 0 Å². The Labute approximate surface area is 105 Å². The molecule has 6 heteroatoms. The number of fused-ring (bicyclic) bond motifs is 3. The van der Waals surface area contributed by atoms with E-state index in [0.717, 1.165) is 32.7 Å². The first-order valence-electron chi connectivity index (χ1n) is 6.18. The highest BCUT2D eigenvalue weighted by Crippen LogP contribution is 2.26. The van der Waals surface area contributed by atoms with Crippen molar-refractivity contribution in [2.75, 3.05) is 32.7 Å². The second kappa shape index (κ2) is 4.29. The minimum Gasteiger partial charge on any atom is -0.477 e. The standard InChI is InChI=1S/C12H16N4O2/c1-8-6-13-11(14-10(8)12(17)18)9-7-15-2-4-16(9)5-3-15/h6,9H,2-5,7H2,1H3,(H,17,18). The van der Waals surface area contributed by atoms with Crippen LogP contribution in [0.3, 0.4) is 0 Å². The van der Waals surface area contributed by atoms with E-state index in [1.165, 1.54) is 0 Å². The number of carboxylic acid groups (broad SMARTS) is 1. The molecule has 3 aliphatic heterocycles. The molecule has 0 spiro atoms. The van der Waals surface area contributed by atoms with E-state index in [1.54, 1.807) is 13.1 Å². The molecule has 0 amide bonds. The van der Waals surface area contributed by atoms with Crippen LogP contribution in [0.4, 0.5) is 0 Å². The van der Waals surface area contributed by atoms with E-state index in [-0.39, 0.29) is 11.7 Å². The van der Waals surface area contributed by atoms with Gasteiger partial charge in [0, 0.05) is 44.5 Å². The van der Waals surface area contributed by atoms with Crippen LogP contribution in [0.5, 0.6) is 0 Å². The van der Waals surface area contributed by atoms with E-state index in [2.05, 4.69) is 19.8 Å². The molecular formula is C12H16N4O2. The van der Waals surface area contributed by atoms with Gasteiger partial charge < -0.3 is 5.11 Å². The molecule has 3 saturated heterocycles. The van der Waals surface area contributed by atoms with Gasteiger partial charge >= 0.3 is 5.97 Å². The monoisotopic (exact) mass is 248 g/mol. The van der Waals surface area contributed by atoms with Crippen molar-refractivity contribution in [2.45, 2.75) is 13.0 Å². The van der Waals surface area contributed by atoms with Crippen molar-refractivity contribution < 1.29 is 9.90 Å². The summed E-state index contributed by atoms with van der Waals surface area (Å²) >= 11 is 0. The topological polar surface area (TPSA) is 69.6 Å². The fraction of sp³-hybridized carbons (Fsp3) is 0.583. The minimum absolute atomic E-state index is 0.123. The number of aromatic carboxylic acids is 1. The van der Waals surface area contributed by atoms with Crippen LogP contribution >= 0.6 is 0 Å². The van der Waals surface area contributed by atoms with Gasteiger partial charge in [-0.3, -0.25) is 9.80 Å². The maximum Gasteiger partial charge on any atom is 0.354 e. The molecule has 0 saturated carbocycles. The molecule has 1 atom stereocenters. The third-order valence-electron chi connectivity index (χ3n) is 3.77. The summed E-state index contributed by atoms with van der Waals surface area (Å²) < 4.78 is 0. The Morgan fingerprint density at radius 1 is 1.39 bits per heavy atom. The van der Waals surface area contributed by atoms with Gasteiger partial charge in [0.1, 0.15) is 5.82 Å². The number of nitrogens with zero attached hydrogens (tertiary/aromatic N) is 4. The van der Waals surface area contributed by atoms with Gasteiger partial charge in [0.05, 0.1) is 6.04 Å². The fourth-order valence-electron chi connectivity index (χ4n) is 2.70. The van der Waals surface area contributed by atoms with Gasteiger partial charge in [0.15, 0.2) is 5.69 Å². The zero-order chi connectivity index (χ0) is 12.7. The Kier molecular flexibility index (Phi) is 2.76. The van der Waals surface area contributed by atoms with Crippen molar-refractivity contribution in [2.24, 2.45) is 0 Å². The first kappa shape index (κ1) is 11.6. The SMILES string of the molecule is Cc1cnc(C2CN3CCN2CC3)nc1C(=O)O. The Bertz CT molecular complexity index is 483. The number of piperazine rings is 3. The molecule has 4 rings (SSSR count). The summed E-state index contributed by atoms with van der Waals surface area (Å²) in [6.07, 6.45) is 1.62. The van der Waals surface area contributed by atoms with Gasteiger partial charge in [-0.15, -0.1) is 0 Å². The highest BCUT2D eigenvalue weighted by molar-refractivity contribution is 5.86. The third kappa shape index (κ3) is 1.87. The molecule has 0 radical (unpaired) electrons. The third-order valence-corrected chi connectivity index (χ3v) is 3.77. The minimum atomic E-state index is -0.979. The molecule has 4 heterocycles. The molecule has 96 valence electrons. The number of aromatic nitrogens is 2. The Balaban J connectivity index is 1.93. The summed E-state index contributed by atoms with van der Waals surface area (Å²) in [5.41, 5.74) is 0.736. The smallest absolute Gasteiger partial charge is 0.354 e. The Hall–Kier alpha value is -1.53. The summed E-state index contributed by atoms with van der Waals surface area (Å²) in [6.45, 7) is 6.85. The number of hydrogen-bond donors (Lipinski definition) is 1. The lowest BCUT2D eigenvalue weighted by Gasteiger charge is -2.46. The molecule has 18 heavy (non-hydrogen) atoms. The Morgan fingerprint density at radius 2 is 2.11 bits per heavy atom. The predicted octanol–water partition coefficient (Wildman–Crippen LogP) is 0.156. The van der Waals surface area contributed by atoms with Crippen molar-refractivity contribution in [3.63, 3.8) is 0 Å². The zero-order valence-corrected chi connectivity index (χ0v) is 10.3. The molecule has 2 bridgehead atoms.